The van der Waals surface area contributed by atoms with Gasteiger partial charge in [0.05, 0.1) is 5.69 Å². The van der Waals surface area contributed by atoms with Crippen LogP contribution in [0.2, 0.25) is 0 Å². The molecule has 6 heteroatoms. The van der Waals surface area contributed by atoms with E-state index < -0.39 is 0 Å². The summed E-state index contributed by atoms with van der Waals surface area (Å²) in [6, 6.07) is 0. The lowest BCUT2D eigenvalue weighted by molar-refractivity contribution is -0.121. The molecule has 0 aliphatic heterocycles. The van der Waals surface area contributed by atoms with Gasteiger partial charge in [0.15, 0.2) is 0 Å². The first kappa shape index (κ1) is 11.1. The van der Waals surface area contributed by atoms with Gasteiger partial charge in [-0.15, -0.1) is 0 Å². The smallest absolute Gasteiger partial charge is 0.256 e. The van der Waals surface area contributed by atoms with E-state index in [-0.39, 0.29) is 11.2 Å². The molecule has 1 heterocycles. The topological polar surface area (TPSA) is 81.2 Å². The highest BCUT2D eigenvalue weighted by atomic mass is 32.2. The predicted molar refractivity (Wildman–Crippen MR) is 53.5 cm³/mol. The molecule has 0 spiro atoms. The monoisotopic (exact) mass is 215 g/mol. The Hall–Kier alpha value is -1.01. The number of rotatable bonds is 4. The molecule has 0 fully saturated rings. The van der Waals surface area contributed by atoms with Crippen molar-refractivity contribution >= 4 is 17.7 Å². The van der Waals surface area contributed by atoms with Crippen LogP contribution >= 0.6 is 11.8 Å². The first-order valence-electron chi connectivity index (χ1n) is 4.20. The number of hydrogen-bond acceptors (Lipinski definition) is 5. The van der Waals surface area contributed by atoms with Crippen molar-refractivity contribution in [1.29, 1.82) is 0 Å². The van der Waals surface area contributed by atoms with Gasteiger partial charge in [0.25, 0.3) is 5.22 Å². The number of amides is 1. The van der Waals surface area contributed by atoms with Crippen molar-refractivity contribution in [2.45, 2.75) is 30.7 Å². The molecule has 78 valence electrons. The van der Waals surface area contributed by atoms with Crippen LogP contribution in [-0.2, 0) is 4.79 Å². The summed E-state index contributed by atoms with van der Waals surface area (Å²) in [5.41, 5.74) is 2.92. The molecule has 0 aliphatic carbocycles. The number of carbonyl (C=O) groups excluding carboxylic acids is 1. The fraction of sp³-hybridized carbons (Fsp3) is 0.500. The van der Waals surface area contributed by atoms with E-state index in [4.69, 9.17) is 10.3 Å². The van der Waals surface area contributed by atoms with Crippen molar-refractivity contribution in [2.24, 2.45) is 5.84 Å². The minimum atomic E-state index is -0.187. The molecular formula is C8H13N3O2S. The molecule has 0 saturated heterocycles. The van der Waals surface area contributed by atoms with Crippen LogP contribution in [0.1, 0.15) is 19.0 Å². The fourth-order valence-electron chi connectivity index (χ4n) is 0.920. The van der Waals surface area contributed by atoms with Crippen molar-refractivity contribution in [1.82, 2.24) is 10.4 Å². The number of carbonyl (C=O) groups is 1. The van der Waals surface area contributed by atoms with Crippen LogP contribution in [0.3, 0.4) is 0 Å². The van der Waals surface area contributed by atoms with Crippen molar-refractivity contribution in [3.63, 3.8) is 0 Å². The molecule has 3 N–H and O–H groups in total. The Morgan fingerprint density at radius 2 is 2.57 bits per heavy atom. The fourth-order valence-corrected chi connectivity index (χ4v) is 1.80. The molecule has 1 atom stereocenters. The number of oxazole rings is 1. The van der Waals surface area contributed by atoms with E-state index in [9.17, 15) is 4.79 Å². The third-order valence-electron chi connectivity index (χ3n) is 1.53. The molecule has 1 aromatic heterocycles. The molecule has 5 nitrogen and oxygen atoms in total. The number of nitrogens with one attached hydrogen (secondary N) is 1. The minimum absolute atomic E-state index is 0.0941. The van der Waals surface area contributed by atoms with Gasteiger partial charge in [0, 0.05) is 11.7 Å². The van der Waals surface area contributed by atoms with E-state index >= 15 is 0 Å². The van der Waals surface area contributed by atoms with Gasteiger partial charge >= 0.3 is 0 Å². The number of aryl methyl sites for hydroxylation is 1. The number of hydrazine groups is 1. The van der Waals surface area contributed by atoms with Crippen molar-refractivity contribution in [3.05, 3.63) is 12.0 Å². The number of thioether (sulfide) groups is 1. The van der Waals surface area contributed by atoms with Gasteiger partial charge in [0.2, 0.25) is 5.91 Å². The SMILES string of the molecule is Cc1coc(SC(C)CC(=O)NN)n1. The highest BCUT2D eigenvalue weighted by Crippen LogP contribution is 2.23. The molecule has 14 heavy (non-hydrogen) atoms. The van der Waals surface area contributed by atoms with E-state index in [1.165, 1.54) is 11.8 Å². The maximum atomic E-state index is 10.9. The summed E-state index contributed by atoms with van der Waals surface area (Å²) < 4.78 is 5.14. The molecular weight excluding hydrogens is 202 g/mol. The molecule has 1 rings (SSSR count). The maximum absolute atomic E-state index is 10.9. The Morgan fingerprint density at radius 1 is 1.86 bits per heavy atom. The van der Waals surface area contributed by atoms with Crippen LogP contribution in [0.15, 0.2) is 15.9 Å². The van der Waals surface area contributed by atoms with Gasteiger partial charge in [-0.25, -0.2) is 10.8 Å². The zero-order chi connectivity index (χ0) is 10.6. The van der Waals surface area contributed by atoms with Crippen LogP contribution in [0, 0.1) is 6.92 Å². The van der Waals surface area contributed by atoms with Crippen molar-refractivity contribution in [3.8, 4) is 0 Å². The summed E-state index contributed by atoms with van der Waals surface area (Å²) in [6.45, 7) is 3.77. The zero-order valence-corrected chi connectivity index (χ0v) is 8.93. The summed E-state index contributed by atoms with van der Waals surface area (Å²) >= 11 is 1.41. The molecule has 0 aromatic carbocycles. The van der Waals surface area contributed by atoms with Gasteiger partial charge in [0.1, 0.15) is 6.26 Å². The Labute approximate surface area is 86.4 Å². The van der Waals surface area contributed by atoms with Crippen LogP contribution in [-0.4, -0.2) is 16.1 Å². The van der Waals surface area contributed by atoms with Crippen LogP contribution in [0.25, 0.3) is 0 Å². The molecule has 0 bridgehead atoms. The standard InChI is InChI=1S/C8H13N3O2S/c1-5-4-13-8(10-5)14-6(2)3-7(12)11-9/h4,6H,3,9H2,1-2H3,(H,11,12). The average molecular weight is 215 g/mol. The number of nitrogens with zero attached hydrogens (tertiary/aromatic N) is 1. The van der Waals surface area contributed by atoms with E-state index in [2.05, 4.69) is 10.4 Å². The minimum Gasteiger partial charge on any atom is -0.440 e. The van der Waals surface area contributed by atoms with E-state index in [0.717, 1.165) is 5.69 Å². The Kier molecular flexibility index (Phi) is 3.97. The van der Waals surface area contributed by atoms with Gasteiger partial charge in [-0.05, 0) is 6.92 Å². The summed E-state index contributed by atoms with van der Waals surface area (Å²) in [7, 11) is 0. The second-order valence-corrected chi connectivity index (χ2v) is 4.34. The van der Waals surface area contributed by atoms with Crippen LogP contribution < -0.4 is 11.3 Å². The summed E-state index contributed by atoms with van der Waals surface area (Å²) in [5, 5.41) is 0.677. The van der Waals surface area contributed by atoms with E-state index in [1.54, 1.807) is 6.26 Å². The largest absolute Gasteiger partial charge is 0.440 e. The Balaban J connectivity index is 2.41. The summed E-state index contributed by atoms with van der Waals surface area (Å²) in [4.78, 5) is 15.0. The highest BCUT2D eigenvalue weighted by Gasteiger charge is 2.12. The Morgan fingerprint density at radius 3 is 3.07 bits per heavy atom. The first-order valence-corrected chi connectivity index (χ1v) is 5.08. The average Bonchev–Trinajstić information content (AvgIpc) is 2.50. The lowest BCUT2D eigenvalue weighted by Gasteiger charge is -2.06. The van der Waals surface area contributed by atoms with Crippen LogP contribution in [0.4, 0.5) is 0 Å². The lowest BCUT2D eigenvalue weighted by Crippen LogP contribution is -2.31. The van der Waals surface area contributed by atoms with E-state index in [1.807, 2.05) is 13.8 Å². The maximum Gasteiger partial charge on any atom is 0.256 e. The van der Waals surface area contributed by atoms with Gasteiger partial charge in [-0.1, -0.05) is 18.7 Å². The molecule has 1 aromatic rings. The highest BCUT2D eigenvalue weighted by molar-refractivity contribution is 7.99. The number of hydrogen-bond donors (Lipinski definition) is 2. The van der Waals surface area contributed by atoms with Gasteiger partial charge in [-0.3, -0.25) is 10.2 Å². The molecule has 0 aliphatic rings. The molecule has 0 radical (unpaired) electrons. The summed E-state index contributed by atoms with van der Waals surface area (Å²) in [6.07, 6.45) is 1.93. The number of nitrogens with two attached hydrogens (primary N) is 1. The van der Waals surface area contributed by atoms with E-state index in [0.29, 0.717) is 11.6 Å². The normalized spacial score (nSPS) is 12.5. The Bertz CT molecular complexity index is 313. The van der Waals surface area contributed by atoms with Crippen molar-refractivity contribution in [2.75, 3.05) is 0 Å². The third-order valence-corrected chi connectivity index (χ3v) is 2.49. The quantitative estimate of drug-likeness (QED) is 0.337. The van der Waals surface area contributed by atoms with Gasteiger partial charge in [-0.2, -0.15) is 0 Å². The van der Waals surface area contributed by atoms with Crippen LogP contribution in [0.5, 0.6) is 0 Å². The molecule has 1 amide bonds. The predicted octanol–water partition coefficient (Wildman–Crippen LogP) is 0.844. The number of aromatic nitrogens is 1. The second kappa shape index (κ2) is 5.02. The third kappa shape index (κ3) is 3.39. The molecule has 0 saturated carbocycles. The molecule has 1 unspecified atom stereocenters. The van der Waals surface area contributed by atoms with Gasteiger partial charge < -0.3 is 4.42 Å². The summed E-state index contributed by atoms with van der Waals surface area (Å²) in [5.74, 6) is 4.78. The first-order chi connectivity index (χ1) is 6.61. The lowest BCUT2D eigenvalue weighted by atomic mass is 10.3. The zero-order valence-electron chi connectivity index (χ0n) is 8.11. The second-order valence-electron chi connectivity index (χ2n) is 2.95. The van der Waals surface area contributed by atoms with Crippen molar-refractivity contribution < 1.29 is 9.21 Å².